The third kappa shape index (κ3) is 4.89. The molecule has 2 N–H and O–H groups in total. The smallest absolute Gasteiger partial charge is 0.241 e. The lowest BCUT2D eigenvalue weighted by molar-refractivity contribution is 0.491. The molecule has 0 spiro atoms. The lowest BCUT2D eigenvalue weighted by Crippen LogP contribution is -2.40. The summed E-state index contributed by atoms with van der Waals surface area (Å²) in [4.78, 5) is 0.325. The topological polar surface area (TPSA) is 58.2 Å². The molecular weight excluding hydrogens is 272 g/mol. The van der Waals surface area contributed by atoms with Gasteiger partial charge >= 0.3 is 0 Å². The van der Waals surface area contributed by atoms with E-state index < -0.39 is 15.6 Å². The molecule has 1 fully saturated rings. The van der Waals surface area contributed by atoms with E-state index in [9.17, 15) is 8.42 Å². The fraction of sp³-hybridized carbons (Fsp3) is 0.600. The number of hydrogen-bond donors (Lipinski definition) is 2. The SMILES string of the molecule is CC(C)(C)NS(=O)(=O)c1ccc(CCNC2CC2)cc1. The minimum absolute atomic E-state index is 0.325. The molecule has 0 radical (unpaired) electrons. The van der Waals surface area contributed by atoms with Gasteiger partial charge in [-0.3, -0.25) is 0 Å². The molecule has 1 saturated carbocycles. The summed E-state index contributed by atoms with van der Waals surface area (Å²) in [6.07, 6.45) is 3.51. The molecule has 0 unspecified atom stereocenters. The van der Waals surface area contributed by atoms with Crippen molar-refractivity contribution in [2.75, 3.05) is 6.54 Å². The van der Waals surface area contributed by atoms with Crippen LogP contribution in [0.15, 0.2) is 29.2 Å². The molecule has 112 valence electrons. The van der Waals surface area contributed by atoms with Crippen LogP contribution >= 0.6 is 0 Å². The quantitative estimate of drug-likeness (QED) is 0.845. The lowest BCUT2D eigenvalue weighted by atomic mass is 10.1. The Kier molecular flexibility index (Phi) is 4.52. The van der Waals surface area contributed by atoms with Gasteiger partial charge < -0.3 is 5.32 Å². The molecule has 0 saturated heterocycles. The Labute approximate surface area is 122 Å². The first-order valence-electron chi connectivity index (χ1n) is 7.13. The van der Waals surface area contributed by atoms with Crippen LogP contribution in [0.3, 0.4) is 0 Å². The Morgan fingerprint density at radius 2 is 1.75 bits per heavy atom. The predicted molar refractivity (Wildman–Crippen MR) is 81.2 cm³/mol. The van der Waals surface area contributed by atoms with E-state index in [1.807, 2.05) is 32.9 Å². The van der Waals surface area contributed by atoms with Crippen molar-refractivity contribution < 1.29 is 8.42 Å². The van der Waals surface area contributed by atoms with Crippen LogP contribution in [0.25, 0.3) is 0 Å². The molecule has 5 heteroatoms. The molecule has 0 atom stereocenters. The standard InChI is InChI=1S/C15H24N2O2S/c1-15(2,3)17-20(18,19)14-8-4-12(5-9-14)10-11-16-13-6-7-13/h4-5,8-9,13,16-17H,6-7,10-11H2,1-3H3. The highest BCUT2D eigenvalue weighted by molar-refractivity contribution is 7.89. The molecule has 0 aliphatic heterocycles. The molecule has 0 bridgehead atoms. The largest absolute Gasteiger partial charge is 0.314 e. The maximum atomic E-state index is 12.1. The molecule has 1 aliphatic rings. The van der Waals surface area contributed by atoms with Gasteiger partial charge in [-0.1, -0.05) is 12.1 Å². The van der Waals surface area contributed by atoms with Crippen LogP contribution < -0.4 is 10.0 Å². The van der Waals surface area contributed by atoms with Crippen LogP contribution in [0.5, 0.6) is 0 Å². The van der Waals surface area contributed by atoms with Gasteiger partial charge in [0, 0.05) is 11.6 Å². The molecule has 0 aromatic heterocycles. The normalized spacial score (nSPS) is 16.4. The van der Waals surface area contributed by atoms with E-state index in [4.69, 9.17) is 0 Å². The van der Waals surface area contributed by atoms with Crippen LogP contribution in [0.4, 0.5) is 0 Å². The van der Waals surface area contributed by atoms with E-state index in [0.717, 1.165) is 18.5 Å². The highest BCUT2D eigenvalue weighted by Gasteiger charge is 2.22. The summed E-state index contributed by atoms with van der Waals surface area (Å²) in [6.45, 7) is 6.46. The molecule has 1 aliphatic carbocycles. The van der Waals surface area contributed by atoms with Gasteiger partial charge in [0.2, 0.25) is 10.0 Å². The van der Waals surface area contributed by atoms with E-state index in [2.05, 4.69) is 10.0 Å². The van der Waals surface area contributed by atoms with Crippen molar-refractivity contribution in [2.45, 2.75) is 56.5 Å². The van der Waals surface area contributed by atoms with Gasteiger partial charge in [-0.2, -0.15) is 0 Å². The monoisotopic (exact) mass is 296 g/mol. The Morgan fingerprint density at radius 3 is 2.25 bits per heavy atom. The first-order valence-corrected chi connectivity index (χ1v) is 8.61. The zero-order chi connectivity index (χ0) is 14.8. The van der Waals surface area contributed by atoms with Gasteiger partial charge in [0.1, 0.15) is 0 Å². The second-order valence-corrected chi connectivity index (χ2v) is 8.16. The summed E-state index contributed by atoms with van der Waals surface area (Å²) in [5, 5.41) is 3.45. The zero-order valence-electron chi connectivity index (χ0n) is 12.4. The van der Waals surface area contributed by atoms with E-state index >= 15 is 0 Å². The van der Waals surface area contributed by atoms with Crippen molar-refractivity contribution >= 4 is 10.0 Å². The lowest BCUT2D eigenvalue weighted by Gasteiger charge is -2.20. The number of benzene rings is 1. The minimum atomic E-state index is -3.42. The molecule has 4 nitrogen and oxygen atoms in total. The van der Waals surface area contributed by atoms with Crippen LogP contribution in [-0.4, -0.2) is 26.5 Å². The van der Waals surface area contributed by atoms with Gasteiger partial charge in [-0.25, -0.2) is 13.1 Å². The van der Waals surface area contributed by atoms with Crippen LogP contribution in [-0.2, 0) is 16.4 Å². The van der Waals surface area contributed by atoms with Gasteiger partial charge in [0.05, 0.1) is 4.90 Å². The van der Waals surface area contributed by atoms with Gasteiger partial charge in [-0.05, 0) is 64.3 Å². The van der Waals surface area contributed by atoms with E-state index in [1.165, 1.54) is 12.8 Å². The maximum absolute atomic E-state index is 12.1. The van der Waals surface area contributed by atoms with Crippen molar-refractivity contribution in [1.82, 2.24) is 10.0 Å². The van der Waals surface area contributed by atoms with E-state index in [-0.39, 0.29) is 0 Å². The number of nitrogens with one attached hydrogen (secondary N) is 2. The molecule has 2 rings (SSSR count). The average molecular weight is 296 g/mol. The summed E-state index contributed by atoms with van der Waals surface area (Å²) >= 11 is 0. The summed E-state index contributed by atoms with van der Waals surface area (Å²) in [7, 11) is -3.42. The summed E-state index contributed by atoms with van der Waals surface area (Å²) in [6, 6.07) is 7.87. The maximum Gasteiger partial charge on any atom is 0.241 e. The highest BCUT2D eigenvalue weighted by atomic mass is 32.2. The van der Waals surface area contributed by atoms with Crippen molar-refractivity contribution in [3.8, 4) is 0 Å². The van der Waals surface area contributed by atoms with Crippen LogP contribution in [0.2, 0.25) is 0 Å². The number of sulfonamides is 1. The average Bonchev–Trinajstić information content (AvgIpc) is 3.10. The second kappa shape index (κ2) is 5.84. The van der Waals surface area contributed by atoms with Crippen LogP contribution in [0, 0.1) is 0 Å². The van der Waals surface area contributed by atoms with Gasteiger partial charge in [-0.15, -0.1) is 0 Å². The highest BCUT2D eigenvalue weighted by Crippen LogP contribution is 2.18. The second-order valence-electron chi connectivity index (χ2n) is 6.48. The Morgan fingerprint density at radius 1 is 1.15 bits per heavy atom. The molecule has 1 aromatic carbocycles. The van der Waals surface area contributed by atoms with Crippen molar-refractivity contribution in [2.24, 2.45) is 0 Å². The van der Waals surface area contributed by atoms with Crippen LogP contribution in [0.1, 0.15) is 39.2 Å². The Balaban J connectivity index is 1.95. The summed E-state index contributed by atoms with van der Waals surface area (Å²) < 4.78 is 27.0. The summed E-state index contributed by atoms with van der Waals surface area (Å²) in [5.41, 5.74) is 0.693. The molecule has 1 aromatic rings. The van der Waals surface area contributed by atoms with E-state index in [1.54, 1.807) is 12.1 Å². The first-order chi connectivity index (χ1) is 9.26. The van der Waals surface area contributed by atoms with Gasteiger partial charge in [0.15, 0.2) is 0 Å². The molecular formula is C15H24N2O2S. The molecule has 0 heterocycles. The zero-order valence-corrected chi connectivity index (χ0v) is 13.3. The van der Waals surface area contributed by atoms with E-state index in [0.29, 0.717) is 10.9 Å². The fourth-order valence-corrected chi connectivity index (χ4v) is 3.42. The fourth-order valence-electron chi connectivity index (χ4n) is 2.01. The molecule has 0 amide bonds. The number of rotatable bonds is 6. The van der Waals surface area contributed by atoms with Crippen molar-refractivity contribution in [3.05, 3.63) is 29.8 Å². The minimum Gasteiger partial charge on any atom is -0.314 e. The Bertz CT molecular complexity index is 540. The van der Waals surface area contributed by atoms with Crippen molar-refractivity contribution in [3.63, 3.8) is 0 Å². The number of hydrogen-bond acceptors (Lipinski definition) is 3. The molecule has 20 heavy (non-hydrogen) atoms. The van der Waals surface area contributed by atoms with Crippen molar-refractivity contribution in [1.29, 1.82) is 0 Å². The third-order valence-electron chi connectivity index (χ3n) is 3.10. The Hall–Kier alpha value is -0.910. The summed E-state index contributed by atoms with van der Waals surface area (Å²) in [5.74, 6) is 0. The predicted octanol–water partition coefficient (Wildman–Crippen LogP) is 2.06. The first kappa shape index (κ1) is 15.5. The third-order valence-corrected chi connectivity index (χ3v) is 4.87. The van der Waals surface area contributed by atoms with Gasteiger partial charge in [0.25, 0.3) is 0 Å².